The number of ether oxygens (including phenoxy) is 2. The summed E-state index contributed by atoms with van der Waals surface area (Å²) in [4.78, 5) is 26.6. The van der Waals surface area contributed by atoms with E-state index in [0.29, 0.717) is 16.8 Å². The predicted octanol–water partition coefficient (Wildman–Crippen LogP) is 6.56. The Labute approximate surface area is 208 Å². The fourth-order valence-electron chi connectivity index (χ4n) is 3.69. The Hall–Kier alpha value is -3.81. The van der Waals surface area contributed by atoms with Gasteiger partial charge in [0.15, 0.2) is 0 Å². The monoisotopic (exact) mass is 499 g/mol. The van der Waals surface area contributed by atoms with Crippen molar-refractivity contribution < 1.29 is 32.2 Å². The molecule has 0 radical (unpaired) electrons. The predicted molar refractivity (Wildman–Crippen MR) is 132 cm³/mol. The molecule has 0 unspecified atom stereocenters. The number of rotatable bonds is 5. The van der Waals surface area contributed by atoms with Crippen molar-refractivity contribution >= 4 is 17.6 Å². The molecule has 5 nitrogen and oxygen atoms in total. The minimum absolute atomic E-state index is 0.0361. The molecule has 3 aromatic carbocycles. The number of anilines is 1. The fraction of sp³-hybridized carbons (Fsp3) is 0.286. The third-order valence-corrected chi connectivity index (χ3v) is 5.69. The van der Waals surface area contributed by atoms with E-state index in [0.717, 1.165) is 23.8 Å². The number of carbonyl (C=O) groups is 2. The molecule has 0 atom stereocenters. The quantitative estimate of drug-likeness (QED) is 0.295. The Kier molecular flexibility index (Phi) is 7.77. The summed E-state index contributed by atoms with van der Waals surface area (Å²) in [7, 11) is 1.14. The molecule has 0 bridgehead atoms. The minimum Gasteiger partial charge on any atom is -0.462 e. The summed E-state index contributed by atoms with van der Waals surface area (Å²) in [5, 5.41) is 0. The van der Waals surface area contributed by atoms with E-state index in [1.54, 1.807) is 25.1 Å². The molecule has 0 aliphatic rings. The van der Waals surface area contributed by atoms with Crippen LogP contribution in [0.25, 0.3) is 11.1 Å². The Morgan fingerprint density at radius 2 is 1.44 bits per heavy atom. The molecule has 0 saturated carbocycles. The molecule has 8 heteroatoms. The summed E-state index contributed by atoms with van der Waals surface area (Å²) in [6, 6.07) is 18.5. The maximum absolute atomic E-state index is 13.0. The van der Waals surface area contributed by atoms with E-state index >= 15 is 0 Å². The second kappa shape index (κ2) is 10.4. The van der Waals surface area contributed by atoms with E-state index in [1.165, 1.54) is 29.2 Å². The lowest BCUT2D eigenvalue weighted by Crippen LogP contribution is -2.37. The molecule has 36 heavy (non-hydrogen) atoms. The second-order valence-corrected chi connectivity index (χ2v) is 9.40. The topological polar surface area (TPSA) is 55.8 Å². The van der Waals surface area contributed by atoms with E-state index < -0.39 is 18.2 Å². The zero-order valence-electron chi connectivity index (χ0n) is 20.8. The van der Waals surface area contributed by atoms with Crippen LogP contribution < -0.4 is 9.64 Å². The first-order chi connectivity index (χ1) is 16.8. The number of hydrogen-bond donors (Lipinski definition) is 0. The van der Waals surface area contributed by atoms with Gasteiger partial charge in [0.1, 0.15) is 5.75 Å². The Morgan fingerprint density at radius 3 is 1.97 bits per heavy atom. The summed E-state index contributed by atoms with van der Waals surface area (Å²) in [5.41, 5.74) is 4.40. The van der Waals surface area contributed by atoms with Gasteiger partial charge in [0.25, 0.3) is 0 Å². The molecular formula is C28H28F3NO4. The minimum atomic E-state index is -4.78. The van der Waals surface area contributed by atoms with E-state index in [-0.39, 0.29) is 17.7 Å². The van der Waals surface area contributed by atoms with Gasteiger partial charge in [-0.25, -0.2) is 4.79 Å². The van der Waals surface area contributed by atoms with E-state index in [1.807, 2.05) is 24.3 Å². The van der Waals surface area contributed by atoms with Gasteiger partial charge < -0.3 is 9.47 Å². The first-order valence-electron chi connectivity index (χ1n) is 11.2. The number of methoxy groups -OCH3 is 1. The zero-order valence-corrected chi connectivity index (χ0v) is 20.8. The highest BCUT2D eigenvalue weighted by molar-refractivity contribution is 6.38. The van der Waals surface area contributed by atoms with Crippen molar-refractivity contribution in [2.24, 2.45) is 0 Å². The SMILES string of the molecule is COC(=O)C(=O)N(Cc1ccc(C(C)(C)C)cc1)c1cc(-c2ccc(OC(F)(F)F)cc2)ccc1C. The number of esters is 1. The van der Waals surface area contributed by atoms with Crippen LogP contribution in [-0.2, 0) is 26.3 Å². The lowest BCUT2D eigenvalue weighted by molar-refractivity contribution is -0.274. The maximum atomic E-state index is 13.0. The Morgan fingerprint density at radius 1 is 0.861 bits per heavy atom. The van der Waals surface area contributed by atoms with Gasteiger partial charge >= 0.3 is 18.2 Å². The van der Waals surface area contributed by atoms with Crippen LogP contribution in [0.3, 0.4) is 0 Å². The number of carbonyl (C=O) groups excluding carboxylic acids is 2. The van der Waals surface area contributed by atoms with E-state index in [9.17, 15) is 22.8 Å². The highest BCUT2D eigenvalue weighted by atomic mass is 19.4. The van der Waals surface area contributed by atoms with Gasteiger partial charge in [-0.1, -0.05) is 69.3 Å². The summed E-state index contributed by atoms with van der Waals surface area (Å²) < 4.78 is 46.1. The third kappa shape index (κ3) is 6.65. The molecule has 0 aromatic heterocycles. The number of hydrogen-bond acceptors (Lipinski definition) is 4. The molecule has 0 heterocycles. The largest absolute Gasteiger partial charge is 0.573 e. The maximum Gasteiger partial charge on any atom is 0.573 e. The number of benzene rings is 3. The Bertz CT molecular complexity index is 1230. The van der Waals surface area contributed by atoms with Gasteiger partial charge in [-0.2, -0.15) is 0 Å². The molecule has 0 saturated heterocycles. The van der Waals surface area contributed by atoms with Crippen molar-refractivity contribution in [3.8, 4) is 16.9 Å². The van der Waals surface area contributed by atoms with Crippen molar-refractivity contribution in [3.05, 3.63) is 83.4 Å². The van der Waals surface area contributed by atoms with Crippen molar-refractivity contribution in [3.63, 3.8) is 0 Å². The van der Waals surface area contributed by atoms with E-state index in [2.05, 4.69) is 30.2 Å². The van der Waals surface area contributed by atoms with Crippen molar-refractivity contribution in [2.45, 2.75) is 46.0 Å². The molecule has 3 rings (SSSR count). The molecule has 1 amide bonds. The van der Waals surface area contributed by atoms with Crippen LogP contribution >= 0.6 is 0 Å². The van der Waals surface area contributed by atoms with Crippen LogP contribution in [0.2, 0.25) is 0 Å². The molecule has 0 N–H and O–H groups in total. The van der Waals surface area contributed by atoms with Crippen LogP contribution in [-0.4, -0.2) is 25.3 Å². The molecular weight excluding hydrogens is 471 g/mol. The van der Waals surface area contributed by atoms with Crippen molar-refractivity contribution in [2.75, 3.05) is 12.0 Å². The smallest absolute Gasteiger partial charge is 0.462 e. The average Bonchev–Trinajstić information content (AvgIpc) is 2.81. The number of nitrogens with zero attached hydrogens (tertiary/aromatic N) is 1. The van der Waals surface area contributed by atoms with E-state index in [4.69, 9.17) is 0 Å². The molecule has 0 aliphatic carbocycles. The molecule has 0 spiro atoms. The van der Waals surface area contributed by atoms with Crippen molar-refractivity contribution in [1.82, 2.24) is 0 Å². The molecule has 190 valence electrons. The first kappa shape index (κ1) is 26.8. The van der Waals surface area contributed by atoms with Crippen LogP contribution in [0.4, 0.5) is 18.9 Å². The molecule has 3 aromatic rings. The van der Waals surface area contributed by atoms with Gasteiger partial charge in [-0.05, 0) is 58.4 Å². The summed E-state index contributed by atoms with van der Waals surface area (Å²) in [5.74, 6) is -2.16. The highest BCUT2D eigenvalue weighted by Crippen LogP contribution is 2.32. The van der Waals surface area contributed by atoms with Gasteiger partial charge in [-0.15, -0.1) is 13.2 Å². The van der Waals surface area contributed by atoms with Crippen LogP contribution in [0.15, 0.2) is 66.7 Å². The average molecular weight is 500 g/mol. The van der Waals surface area contributed by atoms with Gasteiger partial charge in [0.2, 0.25) is 0 Å². The zero-order chi connectivity index (χ0) is 26.7. The van der Waals surface area contributed by atoms with Crippen molar-refractivity contribution in [1.29, 1.82) is 0 Å². The number of aryl methyl sites for hydroxylation is 1. The number of halogens is 3. The second-order valence-electron chi connectivity index (χ2n) is 9.40. The lowest BCUT2D eigenvalue weighted by Gasteiger charge is -2.25. The summed E-state index contributed by atoms with van der Waals surface area (Å²) in [6.45, 7) is 8.24. The van der Waals surface area contributed by atoms with Crippen LogP contribution in [0.5, 0.6) is 5.75 Å². The van der Waals surface area contributed by atoms with Crippen LogP contribution in [0, 0.1) is 6.92 Å². The van der Waals surface area contributed by atoms with Gasteiger partial charge in [0, 0.05) is 5.69 Å². The standard InChI is InChI=1S/C28H28F3NO4/c1-18-6-9-21(20-10-14-23(15-11-20)36-28(29,30)31)16-24(18)32(25(33)26(34)35-5)17-19-7-12-22(13-8-19)27(2,3)4/h6-16H,17H2,1-5H3. The fourth-order valence-corrected chi connectivity index (χ4v) is 3.69. The Balaban J connectivity index is 1.98. The molecule has 0 aliphatic heterocycles. The van der Waals surface area contributed by atoms with Crippen LogP contribution in [0.1, 0.15) is 37.5 Å². The first-order valence-corrected chi connectivity index (χ1v) is 11.2. The molecule has 0 fully saturated rings. The number of amides is 1. The van der Waals surface area contributed by atoms with Gasteiger partial charge in [-0.3, -0.25) is 9.69 Å². The highest BCUT2D eigenvalue weighted by Gasteiger charge is 2.31. The third-order valence-electron chi connectivity index (χ3n) is 5.69. The number of alkyl halides is 3. The summed E-state index contributed by atoms with van der Waals surface area (Å²) in [6.07, 6.45) is -4.78. The van der Waals surface area contributed by atoms with Gasteiger partial charge in [0.05, 0.1) is 13.7 Å². The summed E-state index contributed by atoms with van der Waals surface area (Å²) >= 11 is 0. The normalized spacial score (nSPS) is 11.7. The lowest BCUT2D eigenvalue weighted by atomic mass is 9.87.